The van der Waals surface area contributed by atoms with Gasteiger partial charge in [0.25, 0.3) is 0 Å². The SMILES string of the molecule is CCCCC(CC)CCCOP(=O)(O)O. The molecule has 1 atom stereocenters. The molecule has 5 heteroatoms. The van der Waals surface area contributed by atoms with Crippen molar-refractivity contribution in [3.05, 3.63) is 0 Å². The molecule has 0 aromatic rings. The molecule has 0 spiro atoms. The summed E-state index contributed by atoms with van der Waals surface area (Å²) in [7, 11) is -4.26. The van der Waals surface area contributed by atoms with Crippen molar-refractivity contribution in [1.82, 2.24) is 0 Å². The van der Waals surface area contributed by atoms with Gasteiger partial charge in [-0.1, -0.05) is 39.5 Å². The largest absolute Gasteiger partial charge is 0.469 e. The van der Waals surface area contributed by atoms with Crippen LogP contribution < -0.4 is 0 Å². The second-order valence-electron chi connectivity index (χ2n) is 3.88. The molecule has 0 saturated carbocycles. The molecule has 1 unspecified atom stereocenters. The van der Waals surface area contributed by atoms with Gasteiger partial charge in [0, 0.05) is 0 Å². The minimum atomic E-state index is -4.26. The van der Waals surface area contributed by atoms with Crippen LogP contribution >= 0.6 is 7.82 Å². The van der Waals surface area contributed by atoms with Gasteiger partial charge < -0.3 is 9.79 Å². The fourth-order valence-corrected chi connectivity index (χ4v) is 1.97. The Morgan fingerprint density at radius 1 is 1.20 bits per heavy atom. The highest BCUT2D eigenvalue weighted by atomic mass is 31.2. The molecule has 0 radical (unpaired) electrons. The molecule has 0 fully saturated rings. The third-order valence-corrected chi connectivity index (χ3v) is 3.08. The van der Waals surface area contributed by atoms with E-state index < -0.39 is 7.82 Å². The zero-order chi connectivity index (χ0) is 11.7. The van der Waals surface area contributed by atoms with Gasteiger partial charge in [-0.3, -0.25) is 4.52 Å². The van der Waals surface area contributed by atoms with Crippen LogP contribution in [0.15, 0.2) is 0 Å². The first-order valence-electron chi connectivity index (χ1n) is 5.69. The Morgan fingerprint density at radius 3 is 2.27 bits per heavy atom. The van der Waals surface area contributed by atoms with Crippen LogP contribution in [-0.4, -0.2) is 16.4 Å². The van der Waals surface area contributed by atoms with Crippen molar-refractivity contribution in [2.24, 2.45) is 5.92 Å². The van der Waals surface area contributed by atoms with E-state index in [1.165, 1.54) is 19.3 Å². The van der Waals surface area contributed by atoms with Gasteiger partial charge in [0.05, 0.1) is 6.61 Å². The highest BCUT2D eigenvalue weighted by molar-refractivity contribution is 7.46. The maximum absolute atomic E-state index is 10.4. The topological polar surface area (TPSA) is 66.8 Å². The highest BCUT2D eigenvalue weighted by Crippen LogP contribution is 2.36. The van der Waals surface area contributed by atoms with Gasteiger partial charge in [-0.15, -0.1) is 0 Å². The number of rotatable bonds is 9. The Hall–Kier alpha value is 0.110. The summed E-state index contributed by atoms with van der Waals surface area (Å²) in [5.41, 5.74) is 0. The smallest absolute Gasteiger partial charge is 0.303 e. The maximum atomic E-state index is 10.4. The lowest BCUT2D eigenvalue weighted by Gasteiger charge is -2.14. The van der Waals surface area contributed by atoms with Gasteiger partial charge in [-0.25, -0.2) is 4.57 Å². The Morgan fingerprint density at radius 2 is 1.80 bits per heavy atom. The predicted molar refractivity (Wildman–Crippen MR) is 60.5 cm³/mol. The van der Waals surface area contributed by atoms with E-state index in [2.05, 4.69) is 18.4 Å². The minimum Gasteiger partial charge on any atom is -0.303 e. The quantitative estimate of drug-likeness (QED) is 0.478. The summed E-state index contributed by atoms with van der Waals surface area (Å²) in [6, 6.07) is 0. The van der Waals surface area contributed by atoms with Crippen LogP contribution in [0.5, 0.6) is 0 Å². The highest BCUT2D eigenvalue weighted by Gasteiger charge is 2.13. The number of hydrogen-bond donors (Lipinski definition) is 2. The van der Waals surface area contributed by atoms with Gasteiger partial charge >= 0.3 is 7.82 Å². The Balaban J connectivity index is 3.50. The third kappa shape index (κ3) is 10.4. The van der Waals surface area contributed by atoms with E-state index in [0.29, 0.717) is 5.92 Å². The number of phosphoric acid groups is 1. The van der Waals surface area contributed by atoms with E-state index in [0.717, 1.165) is 19.3 Å². The van der Waals surface area contributed by atoms with E-state index in [9.17, 15) is 4.57 Å². The second-order valence-corrected chi connectivity index (χ2v) is 5.12. The summed E-state index contributed by atoms with van der Waals surface area (Å²) in [5, 5.41) is 0. The number of unbranched alkanes of at least 4 members (excludes halogenated alkanes) is 1. The first kappa shape index (κ1) is 15.1. The van der Waals surface area contributed by atoms with Gasteiger partial charge in [-0.2, -0.15) is 0 Å². The van der Waals surface area contributed by atoms with E-state index >= 15 is 0 Å². The molecule has 0 aromatic heterocycles. The minimum absolute atomic E-state index is 0.160. The Bertz CT molecular complexity index is 190. The lowest BCUT2D eigenvalue weighted by molar-refractivity contribution is 0.189. The molecular weight excluding hydrogens is 215 g/mol. The molecule has 4 nitrogen and oxygen atoms in total. The fourth-order valence-electron chi connectivity index (χ4n) is 1.60. The molecule has 0 aliphatic heterocycles. The van der Waals surface area contributed by atoms with Crippen LogP contribution in [-0.2, 0) is 9.09 Å². The zero-order valence-corrected chi connectivity index (χ0v) is 10.6. The van der Waals surface area contributed by atoms with Gasteiger partial charge in [0.1, 0.15) is 0 Å². The van der Waals surface area contributed by atoms with E-state index in [-0.39, 0.29) is 6.61 Å². The van der Waals surface area contributed by atoms with E-state index in [4.69, 9.17) is 9.79 Å². The predicted octanol–water partition coefficient (Wildman–Crippen LogP) is 3.09. The van der Waals surface area contributed by atoms with Crippen molar-refractivity contribution in [3.8, 4) is 0 Å². The molecule has 0 rings (SSSR count). The summed E-state index contributed by atoms with van der Waals surface area (Å²) in [6.45, 7) is 4.49. The normalized spacial score (nSPS) is 14.1. The Labute approximate surface area is 92.3 Å². The van der Waals surface area contributed by atoms with Crippen molar-refractivity contribution in [3.63, 3.8) is 0 Å². The first-order valence-corrected chi connectivity index (χ1v) is 7.22. The third-order valence-electron chi connectivity index (χ3n) is 2.56. The Kier molecular flexibility index (Phi) is 8.34. The van der Waals surface area contributed by atoms with Gasteiger partial charge in [0.2, 0.25) is 0 Å². The molecule has 15 heavy (non-hydrogen) atoms. The standard InChI is InChI=1S/C10H23O4P/c1-3-5-7-10(4-2)8-6-9-14-15(11,12)13/h10H,3-9H2,1-2H3,(H2,11,12,13). The van der Waals surface area contributed by atoms with Gasteiger partial charge in [0.15, 0.2) is 0 Å². The van der Waals surface area contributed by atoms with Crippen LogP contribution in [0, 0.1) is 5.92 Å². The van der Waals surface area contributed by atoms with Crippen LogP contribution in [0.1, 0.15) is 52.4 Å². The summed E-state index contributed by atoms with van der Waals surface area (Å²) in [4.78, 5) is 16.9. The molecule has 0 aromatic carbocycles. The van der Waals surface area contributed by atoms with Crippen molar-refractivity contribution >= 4 is 7.82 Å². The lowest BCUT2D eigenvalue weighted by Crippen LogP contribution is -2.01. The molecule has 0 aliphatic rings. The monoisotopic (exact) mass is 238 g/mol. The molecular formula is C10H23O4P. The summed E-state index contributed by atoms with van der Waals surface area (Å²) >= 11 is 0. The summed E-state index contributed by atoms with van der Waals surface area (Å²) < 4.78 is 14.8. The second kappa shape index (κ2) is 8.28. The molecule has 0 aliphatic carbocycles. The summed E-state index contributed by atoms with van der Waals surface area (Å²) in [5.74, 6) is 0.672. The summed E-state index contributed by atoms with van der Waals surface area (Å²) in [6.07, 6.45) is 6.51. The molecule has 0 amide bonds. The van der Waals surface area contributed by atoms with Crippen LogP contribution in [0.4, 0.5) is 0 Å². The van der Waals surface area contributed by atoms with Crippen molar-refractivity contribution in [2.45, 2.75) is 52.4 Å². The lowest BCUT2D eigenvalue weighted by atomic mass is 9.95. The fraction of sp³-hybridized carbons (Fsp3) is 1.00. The van der Waals surface area contributed by atoms with Crippen LogP contribution in [0.3, 0.4) is 0 Å². The van der Waals surface area contributed by atoms with Crippen LogP contribution in [0.2, 0.25) is 0 Å². The molecule has 0 bridgehead atoms. The van der Waals surface area contributed by atoms with Crippen molar-refractivity contribution < 1.29 is 18.9 Å². The van der Waals surface area contributed by atoms with Crippen molar-refractivity contribution in [1.29, 1.82) is 0 Å². The number of phosphoric ester groups is 1. The van der Waals surface area contributed by atoms with Crippen LogP contribution in [0.25, 0.3) is 0 Å². The molecule has 92 valence electrons. The average Bonchev–Trinajstić information content (AvgIpc) is 2.15. The van der Waals surface area contributed by atoms with E-state index in [1.54, 1.807) is 0 Å². The molecule has 0 heterocycles. The maximum Gasteiger partial charge on any atom is 0.469 e. The van der Waals surface area contributed by atoms with Gasteiger partial charge in [-0.05, 0) is 18.8 Å². The zero-order valence-electron chi connectivity index (χ0n) is 9.69. The molecule has 0 saturated heterocycles. The first-order chi connectivity index (χ1) is 6.99. The van der Waals surface area contributed by atoms with Crippen molar-refractivity contribution in [2.75, 3.05) is 6.61 Å². The number of hydrogen-bond acceptors (Lipinski definition) is 2. The average molecular weight is 238 g/mol. The molecule has 2 N–H and O–H groups in total. The van der Waals surface area contributed by atoms with E-state index in [1.807, 2.05) is 0 Å².